The van der Waals surface area contributed by atoms with Gasteiger partial charge >= 0.3 is 6.18 Å². The first-order valence-corrected chi connectivity index (χ1v) is 6.26. The number of imide groups is 1. The first-order valence-electron chi connectivity index (χ1n) is 5.19. The number of fused-ring (bicyclic) bond motifs is 1. The lowest BCUT2D eigenvalue weighted by atomic mass is 10.1. The number of allylic oxidation sites excluding steroid dienone is 1. The lowest BCUT2D eigenvalue weighted by Gasteiger charge is -2.13. The average molecular weight is 381 g/mol. The summed E-state index contributed by atoms with van der Waals surface area (Å²) in [7, 11) is 0. The van der Waals surface area contributed by atoms with Crippen molar-refractivity contribution in [2.45, 2.75) is 6.18 Å². The van der Waals surface area contributed by atoms with Crippen LogP contribution in [0.15, 0.2) is 33.9 Å². The minimum absolute atomic E-state index is 0.0805. The minimum atomic E-state index is -4.46. The Labute approximate surface area is 120 Å². The van der Waals surface area contributed by atoms with Gasteiger partial charge in [-0.3, -0.25) is 14.5 Å². The third-order valence-electron chi connectivity index (χ3n) is 2.51. The first kappa shape index (κ1) is 14.0. The van der Waals surface area contributed by atoms with E-state index >= 15 is 0 Å². The second-order valence-corrected chi connectivity index (χ2v) is 5.26. The standard InChI is InChI=1S/C12H7F3INO2/c13-12(14,15)5-7(16)6-17-10(18)8-3-1-2-4-9(8)11(17)19/h1-5H,6H2. The molecule has 0 saturated heterocycles. The van der Waals surface area contributed by atoms with Gasteiger partial charge in [0.15, 0.2) is 0 Å². The van der Waals surface area contributed by atoms with E-state index in [-0.39, 0.29) is 27.3 Å². The normalized spacial score (nSPS) is 16.0. The molecule has 19 heavy (non-hydrogen) atoms. The summed E-state index contributed by atoms with van der Waals surface area (Å²) in [6.45, 7) is -0.369. The SMILES string of the molecule is O=C1c2ccccc2C(=O)N1CC(I)=CC(F)(F)F. The van der Waals surface area contributed by atoms with Crippen molar-refractivity contribution in [3.05, 3.63) is 45.0 Å². The Hall–Kier alpha value is -1.38. The highest BCUT2D eigenvalue weighted by Gasteiger charge is 2.35. The molecule has 1 aromatic rings. The zero-order valence-corrected chi connectivity index (χ0v) is 11.5. The number of carbonyl (C=O) groups excluding carboxylic acids is 2. The molecule has 2 amide bonds. The summed E-state index contributed by atoms with van der Waals surface area (Å²) in [6, 6.07) is 6.17. The largest absolute Gasteiger partial charge is 0.410 e. The van der Waals surface area contributed by atoms with Crippen molar-refractivity contribution in [2.75, 3.05) is 6.54 Å². The van der Waals surface area contributed by atoms with Crippen LogP contribution in [0.25, 0.3) is 0 Å². The van der Waals surface area contributed by atoms with E-state index in [2.05, 4.69) is 0 Å². The van der Waals surface area contributed by atoms with Crippen molar-refractivity contribution in [2.24, 2.45) is 0 Å². The smallest absolute Gasteiger partial charge is 0.269 e. The first-order chi connectivity index (χ1) is 8.79. The van der Waals surface area contributed by atoms with Crippen molar-refractivity contribution < 1.29 is 22.8 Å². The Morgan fingerprint density at radius 2 is 1.63 bits per heavy atom. The van der Waals surface area contributed by atoms with E-state index in [4.69, 9.17) is 0 Å². The molecule has 0 fully saturated rings. The second-order valence-electron chi connectivity index (χ2n) is 3.87. The van der Waals surface area contributed by atoms with E-state index in [0.29, 0.717) is 0 Å². The second kappa shape index (κ2) is 4.95. The molecular formula is C12H7F3INO2. The van der Waals surface area contributed by atoms with Gasteiger partial charge in [-0.25, -0.2) is 0 Å². The summed E-state index contributed by atoms with van der Waals surface area (Å²) >= 11 is 1.47. The van der Waals surface area contributed by atoms with Gasteiger partial charge in [-0.15, -0.1) is 0 Å². The number of amides is 2. The molecule has 7 heteroatoms. The molecule has 0 spiro atoms. The molecule has 1 aromatic carbocycles. The van der Waals surface area contributed by atoms with E-state index in [1.54, 1.807) is 12.1 Å². The summed E-state index contributed by atoms with van der Waals surface area (Å²) in [5.41, 5.74) is 0.451. The lowest BCUT2D eigenvalue weighted by molar-refractivity contribution is -0.0802. The third kappa shape index (κ3) is 2.96. The summed E-state index contributed by atoms with van der Waals surface area (Å²) in [6.07, 6.45) is -4.38. The fourth-order valence-corrected chi connectivity index (χ4v) is 2.45. The van der Waals surface area contributed by atoms with Gasteiger partial charge in [0.1, 0.15) is 0 Å². The van der Waals surface area contributed by atoms with Crippen LogP contribution < -0.4 is 0 Å². The molecule has 0 atom stereocenters. The lowest BCUT2D eigenvalue weighted by Crippen LogP contribution is -2.31. The average Bonchev–Trinajstić information content (AvgIpc) is 2.53. The Balaban J connectivity index is 2.24. The van der Waals surface area contributed by atoms with Crippen LogP contribution in [0.5, 0.6) is 0 Å². The monoisotopic (exact) mass is 381 g/mol. The van der Waals surface area contributed by atoms with Crippen LogP contribution in [0.2, 0.25) is 0 Å². The maximum absolute atomic E-state index is 12.2. The summed E-state index contributed by atoms with van der Waals surface area (Å²) in [4.78, 5) is 24.6. The highest BCUT2D eigenvalue weighted by Crippen LogP contribution is 2.27. The van der Waals surface area contributed by atoms with Crippen LogP contribution in [0.3, 0.4) is 0 Å². The maximum atomic E-state index is 12.2. The highest BCUT2D eigenvalue weighted by molar-refractivity contribution is 14.1. The molecule has 1 heterocycles. The van der Waals surface area contributed by atoms with Gasteiger partial charge in [0.05, 0.1) is 17.7 Å². The summed E-state index contributed by atoms with van der Waals surface area (Å²) in [5, 5.41) is 0. The van der Waals surface area contributed by atoms with E-state index in [1.165, 1.54) is 34.7 Å². The van der Waals surface area contributed by atoms with Gasteiger partial charge in [-0.2, -0.15) is 13.2 Å². The van der Waals surface area contributed by atoms with E-state index in [0.717, 1.165) is 4.90 Å². The number of carbonyl (C=O) groups is 2. The van der Waals surface area contributed by atoms with Gasteiger partial charge in [0.25, 0.3) is 11.8 Å². The molecular weight excluding hydrogens is 374 g/mol. The number of hydrogen-bond donors (Lipinski definition) is 0. The molecule has 0 aromatic heterocycles. The van der Waals surface area contributed by atoms with Crippen LogP contribution >= 0.6 is 22.6 Å². The van der Waals surface area contributed by atoms with Crippen molar-refractivity contribution in [3.63, 3.8) is 0 Å². The van der Waals surface area contributed by atoms with Crippen LogP contribution in [0.4, 0.5) is 13.2 Å². The maximum Gasteiger partial charge on any atom is 0.410 e. The molecule has 1 aliphatic heterocycles. The fraction of sp³-hybridized carbons (Fsp3) is 0.167. The molecule has 3 nitrogen and oxygen atoms in total. The number of nitrogens with zero attached hydrogens (tertiary/aromatic N) is 1. The molecule has 0 aliphatic carbocycles. The third-order valence-corrected chi connectivity index (χ3v) is 3.16. The molecule has 100 valence electrons. The highest BCUT2D eigenvalue weighted by atomic mass is 127. The van der Waals surface area contributed by atoms with Gasteiger partial charge in [-0.05, 0) is 34.7 Å². The molecule has 0 radical (unpaired) electrons. The fourth-order valence-electron chi connectivity index (χ4n) is 1.76. The number of benzene rings is 1. The molecule has 0 N–H and O–H groups in total. The Morgan fingerprint density at radius 1 is 1.16 bits per heavy atom. The van der Waals surface area contributed by atoms with E-state index in [1.807, 2.05) is 0 Å². The number of alkyl halides is 3. The summed E-state index contributed by atoms with van der Waals surface area (Å²) in [5.74, 6) is -1.13. The number of hydrogen-bond acceptors (Lipinski definition) is 2. The quantitative estimate of drug-likeness (QED) is 0.583. The van der Waals surface area contributed by atoms with Crippen molar-refractivity contribution in [1.82, 2.24) is 4.90 Å². The molecule has 1 aliphatic rings. The Bertz CT molecular complexity index is 546. The zero-order valence-electron chi connectivity index (χ0n) is 9.37. The predicted molar refractivity (Wildman–Crippen MR) is 70.0 cm³/mol. The van der Waals surface area contributed by atoms with Crippen molar-refractivity contribution in [1.29, 1.82) is 0 Å². The molecule has 0 saturated carbocycles. The van der Waals surface area contributed by atoms with E-state index < -0.39 is 18.0 Å². The number of rotatable bonds is 2. The van der Waals surface area contributed by atoms with Crippen LogP contribution in [-0.2, 0) is 0 Å². The van der Waals surface area contributed by atoms with Crippen LogP contribution in [-0.4, -0.2) is 29.4 Å². The topological polar surface area (TPSA) is 37.4 Å². The van der Waals surface area contributed by atoms with Gasteiger partial charge in [0.2, 0.25) is 0 Å². The molecule has 0 unspecified atom stereocenters. The van der Waals surface area contributed by atoms with Crippen LogP contribution in [0, 0.1) is 0 Å². The predicted octanol–water partition coefficient (Wildman–Crippen LogP) is 3.16. The Kier molecular flexibility index (Phi) is 3.66. The summed E-state index contributed by atoms with van der Waals surface area (Å²) < 4.78 is 36.4. The van der Waals surface area contributed by atoms with Gasteiger partial charge in [0, 0.05) is 9.66 Å². The zero-order chi connectivity index (χ0) is 14.2. The van der Waals surface area contributed by atoms with Gasteiger partial charge in [-0.1, -0.05) is 12.1 Å². The molecule has 2 rings (SSSR count). The van der Waals surface area contributed by atoms with Crippen LogP contribution in [0.1, 0.15) is 20.7 Å². The minimum Gasteiger partial charge on any atom is -0.269 e. The number of halogens is 4. The van der Waals surface area contributed by atoms with Crippen molar-refractivity contribution in [3.8, 4) is 0 Å². The van der Waals surface area contributed by atoms with Gasteiger partial charge < -0.3 is 0 Å². The van der Waals surface area contributed by atoms with E-state index in [9.17, 15) is 22.8 Å². The Morgan fingerprint density at radius 3 is 2.05 bits per heavy atom. The van der Waals surface area contributed by atoms with Crippen molar-refractivity contribution >= 4 is 34.4 Å². The molecule has 0 bridgehead atoms.